The second kappa shape index (κ2) is 3.75. The molecule has 1 aromatic carbocycles. The molecule has 1 amide bonds. The minimum Gasteiger partial charge on any atom is -0.366 e. The summed E-state index contributed by atoms with van der Waals surface area (Å²) in [5.74, 6) is -0.785. The van der Waals surface area contributed by atoms with Gasteiger partial charge in [0.2, 0.25) is 5.91 Å². The van der Waals surface area contributed by atoms with Crippen LogP contribution in [0.15, 0.2) is 12.1 Å². The maximum absolute atomic E-state index is 11.0. The molecule has 0 radical (unpaired) electrons. The summed E-state index contributed by atoms with van der Waals surface area (Å²) >= 11 is 0. The third-order valence-electron chi connectivity index (χ3n) is 1.99. The number of nitriles is 1. The predicted molar refractivity (Wildman–Crippen MR) is 51.1 cm³/mol. The van der Waals surface area contributed by atoms with Gasteiger partial charge in [0, 0.05) is 12.1 Å². The van der Waals surface area contributed by atoms with Gasteiger partial charge in [0.15, 0.2) is 0 Å². The summed E-state index contributed by atoms with van der Waals surface area (Å²) in [5.41, 5.74) is 5.16. The van der Waals surface area contributed by atoms with E-state index in [1.54, 1.807) is 6.07 Å². The zero-order valence-corrected chi connectivity index (χ0v) is 7.85. The van der Waals surface area contributed by atoms with E-state index < -0.39 is 10.8 Å². The Kier molecular flexibility index (Phi) is 2.67. The molecule has 0 aliphatic carbocycles. The average Bonchev–Trinajstić information content (AvgIpc) is 2.17. The predicted octanol–water partition coefficient (Wildman–Crippen LogP) is 0.874. The van der Waals surface area contributed by atoms with Crippen molar-refractivity contribution in [1.29, 1.82) is 5.26 Å². The molecule has 6 heteroatoms. The van der Waals surface area contributed by atoms with Crippen molar-refractivity contribution in [2.24, 2.45) is 5.73 Å². The van der Waals surface area contributed by atoms with E-state index in [-0.39, 0.29) is 16.8 Å². The first kappa shape index (κ1) is 10.7. The van der Waals surface area contributed by atoms with E-state index in [1.807, 2.05) is 0 Å². The second-order valence-electron chi connectivity index (χ2n) is 2.90. The zero-order valence-electron chi connectivity index (χ0n) is 7.85. The lowest BCUT2D eigenvalue weighted by Gasteiger charge is -2.03. The Bertz CT molecular complexity index is 488. The largest absolute Gasteiger partial charge is 0.366 e. The molecule has 0 saturated carbocycles. The SMILES string of the molecule is Cc1c(C#N)cc([N+](=O)[O-])cc1C(N)=O. The molecule has 0 aliphatic rings. The summed E-state index contributed by atoms with van der Waals surface area (Å²) < 4.78 is 0. The number of primary amides is 1. The zero-order chi connectivity index (χ0) is 11.6. The average molecular weight is 205 g/mol. The van der Waals surface area contributed by atoms with Crippen molar-refractivity contribution in [3.05, 3.63) is 38.9 Å². The Morgan fingerprint density at radius 2 is 2.20 bits per heavy atom. The molecule has 0 aliphatic heterocycles. The van der Waals surface area contributed by atoms with Crippen LogP contribution in [0.2, 0.25) is 0 Å². The highest BCUT2D eigenvalue weighted by atomic mass is 16.6. The van der Waals surface area contributed by atoms with Gasteiger partial charge in [-0.2, -0.15) is 5.26 Å². The van der Waals surface area contributed by atoms with Crippen LogP contribution in [0.3, 0.4) is 0 Å². The minimum absolute atomic E-state index is 0.000694. The molecule has 0 atom stereocenters. The smallest absolute Gasteiger partial charge is 0.271 e. The third-order valence-corrected chi connectivity index (χ3v) is 1.99. The number of nitro groups is 1. The van der Waals surface area contributed by atoms with Gasteiger partial charge in [-0.1, -0.05) is 0 Å². The van der Waals surface area contributed by atoms with Crippen molar-refractivity contribution < 1.29 is 9.72 Å². The van der Waals surface area contributed by atoms with Gasteiger partial charge in [-0.05, 0) is 12.5 Å². The van der Waals surface area contributed by atoms with Crippen LogP contribution in [-0.2, 0) is 0 Å². The van der Waals surface area contributed by atoms with Gasteiger partial charge in [-0.15, -0.1) is 0 Å². The molecule has 0 aromatic heterocycles. The third kappa shape index (κ3) is 1.91. The number of benzene rings is 1. The topological polar surface area (TPSA) is 110 Å². The Balaban J connectivity index is 3.54. The van der Waals surface area contributed by atoms with Crippen LogP contribution in [0.5, 0.6) is 0 Å². The molecule has 0 spiro atoms. The maximum Gasteiger partial charge on any atom is 0.271 e. The van der Waals surface area contributed by atoms with Crippen LogP contribution < -0.4 is 5.73 Å². The van der Waals surface area contributed by atoms with Crippen molar-refractivity contribution in [2.75, 3.05) is 0 Å². The van der Waals surface area contributed by atoms with Crippen molar-refractivity contribution in [3.8, 4) is 6.07 Å². The van der Waals surface area contributed by atoms with Gasteiger partial charge in [0.05, 0.1) is 22.1 Å². The Morgan fingerprint density at radius 1 is 1.60 bits per heavy atom. The Labute approximate surface area is 85.1 Å². The number of nitrogens with two attached hydrogens (primary N) is 1. The van der Waals surface area contributed by atoms with Gasteiger partial charge in [-0.25, -0.2) is 0 Å². The number of hydrogen-bond donors (Lipinski definition) is 1. The van der Waals surface area contributed by atoms with Crippen LogP contribution in [-0.4, -0.2) is 10.8 Å². The molecule has 0 heterocycles. The molecule has 76 valence electrons. The standard InChI is InChI=1S/C9H7N3O3/c1-5-6(4-10)2-7(12(14)15)3-8(5)9(11)13/h2-3H,1H3,(H2,11,13). The van der Waals surface area contributed by atoms with Crippen LogP contribution >= 0.6 is 0 Å². The monoisotopic (exact) mass is 205 g/mol. The lowest BCUT2D eigenvalue weighted by molar-refractivity contribution is -0.384. The summed E-state index contributed by atoms with van der Waals surface area (Å²) in [4.78, 5) is 20.8. The number of carbonyl (C=O) groups excluding carboxylic acids is 1. The molecule has 0 bridgehead atoms. The number of hydrogen-bond acceptors (Lipinski definition) is 4. The molecule has 0 unspecified atom stereocenters. The fraction of sp³-hybridized carbons (Fsp3) is 0.111. The lowest BCUT2D eigenvalue weighted by Crippen LogP contribution is -2.13. The van der Waals surface area contributed by atoms with E-state index in [2.05, 4.69) is 0 Å². The molecular weight excluding hydrogens is 198 g/mol. The van der Waals surface area contributed by atoms with Gasteiger partial charge < -0.3 is 5.73 Å². The highest BCUT2D eigenvalue weighted by Crippen LogP contribution is 2.21. The van der Waals surface area contributed by atoms with Crippen molar-refractivity contribution in [1.82, 2.24) is 0 Å². The van der Waals surface area contributed by atoms with E-state index >= 15 is 0 Å². The summed E-state index contributed by atoms with van der Waals surface area (Å²) in [7, 11) is 0. The number of nitrogens with zero attached hydrogens (tertiary/aromatic N) is 2. The first-order valence-electron chi connectivity index (χ1n) is 3.96. The quantitative estimate of drug-likeness (QED) is 0.570. The van der Waals surface area contributed by atoms with E-state index in [0.717, 1.165) is 12.1 Å². The molecule has 0 saturated heterocycles. The van der Waals surface area contributed by atoms with E-state index in [0.29, 0.717) is 5.56 Å². The van der Waals surface area contributed by atoms with Gasteiger partial charge in [0.1, 0.15) is 0 Å². The van der Waals surface area contributed by atoms with Crippen LogP contribution in [0, 0.1) is 28.4 Å². The van der Waals surface area contributed by atoms with Crippen LogP contribution in [0.1, 0.15) is 21.5 Å². The van der Waals surface area contributed by atoms with Crippen LogP contribution in [0.4, 0.5) is 5.69 Å². The van der Waals surface area contributed by atoms with Crippen molar-refractivity contribution in [2.45, 2.75) is 6.92 Å². The summed E-state index contributed by atoms with van der Waals surface area (Å²) in [5, 5.41) is 19.2. The lowest BCUT2D eigenvalue weighted by atomic mass is 10.0. The number of nitro benzene ring substituents is 1. The number of carbonyl (C=O) groups is 1. The summed E-state index contributed by atoms with van der Waals surface area (Å²) in [6, 6.07) is 3.95. The highest BCUT2D eigenvalue weighted by molar-refractivity contribution is 5.95. The molecule has 6 nitrogen and oxygen atoms in total. The van der Waals surface area contributed by atoms with E-state index in [4.69, 9.17) is 11.0 Å². The van der Waals surface area contributed by atoms with Crippen molar-refractivity contribution in [3.63, 3.8) is 0 Å². The minimum atomic E-state index is -0.785. The Hall–Kier alpha value is -2.42. The summed E-state index contributed by atoms with van der Waals surface area (Å²) in [6.45, 7) is 1.52. The molecule has 1 rings (SSSR count). The first-order chi connectivity index (χ1) is 6.97. The van der Waals surface area contributed by atoms with E-state index in [1.165, 1.54) is 6.92 Å². The van der Waals surface area contributed by atoms with Crippen molar-refractivity contribution >= 4 is 11.6 Å². The normalized spacial score (nSPS) is 9.33. The first-order valence-corrected chi connectivity index (χ1v) is 3.96. The molecule has 1 aromatic rings. The highest BCUT2D eigenvalue weighted by Gasteiger charge is 2.16. The van der Waals surface area contributed by atoms with Gasteiger partial charge in [0.25, 0.3) is 5.69 Å². The number of non-ortho nitro benzene ring substituents is 1. The fourth-order valence-electron chi connectivity index (χ4n) is 1.18. The van der Waals surface area contributed by atoms with Crippen LogP contribution in [0.25, 0.3) is 0 Å². The fourth-order valence-corrected chi connectivity index (χ4v) is 1.18. The molecule has 2 N–H and O–H groups in total. The van der Waals surface area contributed by atoms with Gasteiger partial charge in [-0.3, -0.25) is 14.9 Å². The Morgan fingerprint density at radius 3 is 2.60 bits per heavy atom. The number of amides is 1. The summed E-state index contributed by atoms with van der Waals surface area (Å²) in [6.07, 6.45) is 0. The number of rotatable bonds is 2. The molecule has 0 fully saturated rings. The molecule has 15 heavy (non-hydrogen) atoms. The second-order valence-corrected chi connectivity index (χ2v) is 2.90. The van der Waals surface area contributed by atoms with E-state index in [9.17, 15) is 14.9 Å². The van der Waals surface area contributed by atoms with Gasteiger partial charge >= 0.3 is 0 Å². The maximum atomic E-state index is 11.0. The molecular formula is C9H7N3O3.